The summed E-state index contributed by atoms with van der Waals surface area (Å²) in [5, 5.41) is 9.18. The molecule has 0 bridgehead atoms. The van der Waals surface area contributed by atoms with E-state index < -0.39 is 17.5 Å². The molecule has 1 saturated heterocycles. The lowest BCUT2D eigenvalue weighted by Crippen LogP contribution is -2.33. The molecule has 1 unspecified atom stereocenters. The molecule has 1 aromatic heterocycles. The van der Waals surface area contributed by atoms with Crippen molar-refractivity contribution < 1.29 is 9.84 Å². The molecular formula is C12H16N2O4. The van der Waals surface area contributed by atoms with Gasteiger partial charge in [0.1, 0.15) is 6.23 Å². The van der Waals surface area contributed by atoms with Crippen molar-refractivity contribution in [2.24, 2.45) is 5.92 Å². The van der Waals surface area contributed by atoms with E-state index in [1.165, 1.54) is 10.8 Å². The fourth-order valence-corrected chi connectivity index (χ4v) is 2.15. The predicted molar refractivity (Wildman–Crippen MR) is 65.4 cm³/mol. The number of aryl methyl sites for hydroxylation is 1. The molecular weight excluding hydrogens is 236 g/mol. The van der Waals surface area contributed by atoms with Gasteiger partial charge in [0, 0.05) is 24.1 Å². The SMILES string of the molecule is C=C[C@H]1C[C@H](n2cc(C)c(=O)[nH]c2=O)OC1CO. The van der Waals surface area contributed by atoms with E-state index in [1.807, 2.05) is 0 Å². The van der Waals surface area contributed by atoms with Gasteiger partial charge in [-0.15, -0.1) is 6.58 Å². The topological polar surface area (TPSA) is 84.3 Å². The van der Waals surface area contributed by atoms with Crippen LogP contribution in [0.3, 0.4) is 0 Å². The zero-order valence-corrected chi connectivity index (χ0v) is 10.1. The van der Waals surface area contributed by atoms with E-state index in [0.717, 1.165) is 0 Å². The first kappa shape index (κ1) is 12.8. The Labute approximate surface area is 104 Å². The van der Waals surface area contributed by atoms with Gasteiger partial charge in [-0.3, -0.25) is 14.3 Å². The first-order chi connectivity index (χ1) is 8.56. The van der Waals surface area contributed by atoms with Crippen LogP contribution < -0.4 is 11.2 Å². The normalized spacial score (nSPS) is 27.3. The van der Waals surface area contributed by atoms with Crippen LogP contribution in [0.15, 0.2) is 28.4 Å². The summed E-state index contributed by atoms with van der Waals surface area (Å²) in [4.78, 5) is 25.2. The van der Waals surface area contributed by atoms with Crippen molar-refractivity contribution in [1.82, 2.24) is 9.55 Å². The highest BCUT2D eigenvalue weighted by molar-refractivity contribution is 5.02. The third kappa shape index (κ3) is 2.16. The summed E-state index contributed by atoms with van der Waals surface area (Å²) in [6.07, 6.45) is 2.91. The molecule has 0 saturated carbocycles. The van der Waals surface area contributed by atoms with Gasteiger partial charge in [-0.05, 0) is 6.92 Å². The van der Waals surface area contributed by atoms with Crippen molar-refractivity contribution in [3.05, 3.63) is 45.3 Å². The highest BCUT2D eigenvalue weighted by Crippen LogP contribution is 2.32. The second kappa shape index (κ2) is 4.91. The average Bonchev–Trinajstić information content (AvgIpc) is 2.76. The quantitative estimate of drug-likeness (QED) is 0.737. The summed E-state index contributed by atoms with van der Waals surface area (Å²) in [7, 11) is 0. The van der Waals surface area contributed by atoms with Crippen molar-refractivity contribution in [2.45, 2.75) is 25.7 Å². The molecule has 18 heavy (non-hydrogen) atoms. The monoisotopic (exact) mass is 252 g/mol. The molecule has 98 valence electrons. The van der Waals surface area contributed by atoms with E-state index in [-0.39, 0.29) is 18.6 Å². The largest absolute Gasteiger partial charge is 0.394 e. The molecule has 6 heteroatoms. The predicted octanol–water partition coefficient (Wildman–Crippen LogP) is -0.0730. The van der Waals surface area contributed by atoms with Gasteiger partial charge in [0.25, 0.3) is 5.56 Å². The standard InChI is InChI=1S/C12H16N2O4/c1-3-8-4-10(18-9(8)6-15)14-5-7(2)11(16)13-12(14)17/h3,5,8-10,15H,1,4,6H2,2H3,(H,13,16,17)/t8-,9?,10+/m0/s1. The molecule has 6 nitrogen and oxygen atoms in total. The highest BCUT2D eigenvalue weighted by atomic mass is 16.5. The van der Waals surface area contributed by atoms with Crippen LogP contribution in [0, 0.1) is 12.8 Å². The summed E-state index contributed by atoms with van der Waals surface area (Å²) in [5.74, 6) is -0.000802. The molecule has 0 aromatic carbocycles. The number of hydrogen-bond donors (Lipinski definition) is 2. The van der Waals surface area contributed by atoms with Gasteiger partial charge in [0.2, 0.25) is 0 Å². The molecule has 0 amide bonds. The summed E-state index contributed by atoms with van der Waals surface area (Å²) in [5.41, 5.74) is -0.453. The lowest BCUT2D eigenvalue weighted by atomic mass is 10.0. The van der Waals surface area contributed by atoms with Crippen molar-refractivity contribution in [2.75, 3.05) is 6.61 Å². The third-order valence-corrected chi connectivity index (χ3v) is 3.22. The Morgan fingerprint density at radius 1 is 1.67 bits per heavy atom. The van der Waals surface area contributed by atoms with Gasteiger partial charge in [-0.25, -0.2) is 4.79 Å². The van der Waals surface area contributed by atoms with Gasteiger partial charge >= 0.3 is 5.69 Å². The summed E-state index contributed by atoms with van der Waals surface area (Å²) in [6.45, 7) is 5.19. The fraction of sp³-hybridized carbons (Fsp3) is 0.500. The van der Waals surface area contributed by atoms with Gasteiger partial charge in [-0.1, -0.05) is 6.08 Å². The lowest BCUT2D eigenvalue weighted by molar-refractivity contribution is -0.0295. The maximum absolute atomic E-state index is 11.7. The molecule has 0 spiro atoms. The molecule has 1 fully saturated rings. The van der Waals surface area contributed by atoms with E-state index >= 15 is 0 Å². The van der Waals surface area contributed by atoms with Crippen molar-refractivity contribution in [1.29, 1.82) is 0 Å². The number of rotatable bonds is 3. The van der Waals surface area contributed by atoms with Crippen LogP contribution in [0.4, 0.5) is 0 Å². The molecule has 3 atom stereocenters. The Balaban J connectivity index is 2.34. The van der Waals surface area contributed by atoms with Crippen LogP contribution >= 0.6 is 0 Å². The second-order valence-electron chi connectivity index (χ2n) is 4.43. The highest BCUT2D eigenvalue weighted by Gasteiger charge is 2.34. The van der Waals surface area contributed by atoms with Crippen LogP contribution in [0.25, 0.3) is 0 Å². The molecule has 1 aliphatic rings. The molecule has 1 aliphatic heterocycles. The number of aromatic nitrogens is 2. The minimum atomic E-state index is -0.503. The average molecular weight is 252 g/mol. The number of aromatic amines is 1. The van der Waals surface area contributed by atoms with Crippen LogP contribution in [0.1, 0.15) is 18.2 Å². The maximum atomic E-state index is 11.7. The third-order valence-electron chi connectivity index (χ3n) is 3.22. The zero-order chi connectivity index (χ0) is 13.3. The first-order valence-corrected chi connectivity index (χ1v) is 5.77. The van der Waals surface area contributed by atoms with Gasteiger partial charge in [0.15, 0.2) is 0 Å². The maximum Gasteiger partial charge on any atom is 0.330 e. The molecule has 1 aromatic rings. The van der Waals surface area contributed by atoms with Crippen LogP contribution in [-0.2, 0) is 4.74 Å². The molecule has 2 N–H and O–H groups in total. The summed E-state index contributed by atoms with van der Waals surface area (Å²) >= 11 is 0. The van der Waals surface area contributed by atoms with E-state index in [4.69, 9.17) is 4.74 Å². The summed E-state index contributed by atoms with van der Waals surface area (Å²) < 4.78 is 6.95. The first-order valence-electron chi connectivity index (χ1n) is 5.77. The van der Waals surface area contributed by atoms with Crippen LogP contribution in [0.2, 0.25) is 0 Å². The Kier molecular flexibility index (Phi) is 3.49. The van der Waals surface area contributed by atoms with Crippen molar-refractivity contribution >= 4 is 0 Å². The Bertz CT molecular complexity index is 560. The van der Waals surface area contributed by atoms with Crippen LogP contribution in [0.5, 0.6) is 0 Å². The molecule has 2 rings (SSSR count). The number of nitrogens with zero attached hydrogens (tertiary/aromatic N) is 1. The van der Waals surface area contributed by atoms with Gasteiger partial charge in [-0.2, -0.15) is 0 Å². The van der Waals surface area contributed by atoms with Crippen molar-refractivity contribution in [3.8, 4) is 0 Å². The zero-order valence-electron chi connectivity index (χ0n) is 10.1. The molecule has 0 radical (unpaired) electrons. The number of aliphatic hydroxyl groups is 1. The Morgan fingerprint density at radius 2 is 2.39 bits per heavy atom. The van der Waals surface area contributed by atoms with E-state index in [1.54, 1.807) is 13.0 Å². The smallest absolute Gasteiger partial charge is 0.330 e. The fourth-order valence-electron chi connectivity index (χ4n) is 2.15. The van der Waals surface area contributed by atoms with Gasteiger partial charge in [0.05, 0.1) is 12.7 Å². The Hall–Kier alpha value is -1.66. The number of ether oxygens (including phenoxy) is 1. The number of aliphatic hydroxyl groups excluding tert-OH is 1. The summed E-state index contributed by atoms with van der Waals surface area (Å²) in [6, 6.07) is 0. The number of nitrogens with one attached hydrogen (secondary N) is 1. The van der Waals surface area contributed by atoms with E-state index in [2.05, 4.69) is 11.6 Å². The minimum Gasteiger partial charge on any atom is -0.394 e. The van der Waals surface area contributed by atoms with E-state index in [0.29, 0.717) is 12.0 Å². The Morgan fingerprint density at radius 3 is 2.94 bits per heavy atom. The van der Waals surface area contributed by atoms with Crippen LogP contribution in [-0.4, -0.2) is 27.4 Å². The number of hydrogen-bond acceptors (Lipinski definition) is 4. The number of H-pyrrole nitrogens is 1. The molecule has 2 heterocycles. The van der Waals surface area contributed by atoms with Gasteiger partial charge < -0.3 is 9.84 Å². The van der Waals surface area contributed by atoms with Crippen molar-refractivity contribution in [3.63, 3.8) is 0 Å². The minimum absolute atomic E-state index is 0.000802. The molecule has 0 aliphatic carbocycles. The lowest BCUT2D eigenvalue weighted by Gasteiger charge is -2.14. The van der Waals surface area contributed by atoms with E-state index in [9.17, 15) is 14.7 Å². The second-order valence-corrected chi connectivity index (χ2v) is 4.43.